The third-order valence-corrected chi connectivity index (χ3v) is 4.14. The SMILES string of the molecule is CC(=O)c1ccc(S(=O)(=O)Nc2cc(Cl)ccn2)cc1. The van der Waals surface area contributed by atoms with Crippen molar-refractivity contribution < 1.29 is 13.2 Å². The average Bonchev–Trinajstić information content (AvgIpc) is 2.38. The molecule has 0 bridgehead atoms. The zero-order valence-corrected chi connectivity index (χ0v) is 12.1. The lowest BCUT2D eigenvalue weighted by Gasteiger charge is -2.07. The lowest BCUT2D eigenvalue weighted by Crippen LogP contribution is -2.14. The number of rotatable bonds is 4. The Morgan fingerprint density at radius 1 is 1.20 bits per heavy atom. The van der Waals surface area contributed by atoms with Crippen molar-refractivity contribution in [3.05, 3.63) is 53.2 Å². The fourth-order valence-electron chi connectivity index (χ4n) is 1.53. The van der Waals surface area contributed by atoms with Crippen molar-refractivity contribution in [3.8, 4) is 0 Å². The summed E-state index contributed by atoms with van der Waals surface area (Å²) in [6.07, 6.45) is 1.40. The van der Waals surface area contributed by atoms with Crippen LogP contribution >= 0.6 is 11.6 Å². The van der Waals surface area contributed by atoms with Crippen LogP contribution in [0.2, 0.25) is 5.02 Å². The van der Waals surface area contributed by atoms with Gasteiger partial charge in [0.15, 0.2) is 5.78 Å². The molecule has 0 saturated heterocycles. The Balaban J connectivity index is 2.28. The van der Waals surface area contributed by atoms with E-state index in [9.17, 15) is 13.2 Å². The molecule has 1 aromatic heterocycles. The van der Waals surface area contributed by atoms with E-state index in [0.29, 0.717) is 10.6 Å². The van der Waals surface area contributed by atoms with Gasteiger partial charge in [0.25, 0.3) is 10.0 Å². The summed E-state index contributed by atoms with van der Waals surface area (Å²) in [5.41, 5.74) is 0.449. The average molecular weight is 311 g/mol. The summed E-state index contributed by atoms with van der Waals surface area (Å²) in [4.78, 5) is 15.1. The highest BCUT2D eigenvalue weighted by molar-refractivity contribution is 7.92. The highest BCUT2D eigenvalue weighted by Gasteiger charge is 2.15. The van der Waals surface area contributed by atoms with Crippen LogP contribution < -0.4 is 4.72 Å². The number of carbonyl (C=O) groups excluding carboxylic acids is 1. The van der Waals surface area contributed by atoms with E-state index in [1.165, 1.54) is 43.5 Å². The highest BCUT2D eigenvalue weighted by atomic mass is 35.5. The maximum absolute atomic E-state index is 12.1. The molecule has 20 heavy (non-hydrogen) atoms. The molecule has 0 amide bonds. The summed E-state index contributed by atoms with van der Waals surface area (Å²) in [5.74, 6) is 0.00607. The number of anilines is 1. The predicted molar refractivity (Wildman–Crippen MR) is 76.5 cm³/mol. The lowest BCUT2D eigenvalue weighted by atomic mass is 10.2. The Hall–Kier alpha value is -1.92. The second-order valence-electron chi connectivity index (χ2n) is 4.05. The zero-order chi connectivity index (χ0) is 14.8. The van der Waals surface area contributed by atoms with Crippen LogP contribution in [0.5, 0.6) is 0 Å². The molecule has 104 valence electrons. The summed E-state index contributed by atoms with van der Waals surface area (Å²) >= 11 is 5.76. The fraction of sp³-hybridized carbons (Fsp3) is 0.0769. The molecule has 5 nitrogen and oxygen atoms in total. The van der Waals surface area contributed by atoms with Gasteiger partial charge in [0.1, 0.15) is 5.82 Å². The fourth-order valence-corrected chi connectivity index (χ4v) is 2.68. The second-order valence-corrected chi connectivity index (χ2v) is 6.16. The smallest absolute Gasteiger partial charge is 0.263 e. The molecule has 7 heteroatoms. The van der Waals surface area contributed by atoms with Crippen LogP contribution in [0.4, 0.5) is 5.82 Å². The van der Waals surface area contributed by atoms with Gasteiger partial charge in [0.2, 0.25) is 0 Å². The molecule has 0 aliphatic heterocycles. The number of carbonyl (C=O) groups is 1. The Morgan fingerprint density at radius 3 is 2.40 bits per heavy atom. The first kappa shape index (κ1) is 14.5. The van der Waals surface area contributed by atoms with Gasteiger partial charge in [0, 0.05) is 22.8 Å². The molecule has 0 unspecified atom stereocenters. The van der Waals surface area contributed by atoms with Crippen LogP contribution in [0.3, 0.4) is 0 Å². The number of aromatic nitrogens is 1. The standard InChI is InChI=1S/C13H11ClN2O3S/c1-9(17)10-2-4-12(5-3-10)20(18,19)16-13-8-11(14)6-7-15-13/h2-8H,1H3,(H,15,16). The van der Waals surface area contributed by atoms with Crippen LogP contribution in [-0.4, -0.2) is 19.2 Å². The van der Waals surface area contributed by atoms with Gasteiger partial charge in [-0.1, -0.05) is 23.7 Å². The minimum atomic E-state index is -3.75. The first-order chi connectivity index (χ1) is 9.38. The molecule has 0 atom stereocenters. The minimum absolute atomic E-state index is 0.0456. The summed E-state index contributed by atoms with van der Waals surface area (Å²) in [6.45, 7) is 1.41. The predicted octanol–water partition coefficient (Wildman–Crippen LogP) is 2.74. The van der Waals surface area contributed by atoms with Crippen LogP contribution in [0, 0.1) is 0 Å². The second kappa shape index (κ2) is 5.60. The molecule has 0 spiro atoms. The highest BCUT2D eigenvalue weighted by Crippen LogP contribution is 2.17. The van der Waals surface area contributed by atoms with Gasteiger partial charge in [-0.3, -0.25) is 9.52 Å². The molecule has 0 radical (unpaired) electrons. The van der Waals surface area contributed by atoms with Crippen LogP contribution in [0.1, 0.15) is 17.3 Å². The van der Waals surface area contributed by atoms with Gasteiger partial charge in [-0.05, 0) is 25.1 Å². The number of Topliss-reactive ketones (excluding diaryl/α,β-unsaturated/α-hetero) is 1. The van der Waals surface area contributed by atoms with E-state index in [0.717, 1.165) is 0 Å². The van der Waals surface area contributed by atoms with Crippen molar-refractivity contribution in [3.63, 3.8) is 0 Å². The van der Waals surface area contributed by atoms with Gasteiger partial charge in [-0.25, -0.2) is 13.4 Å². The van der Waals surface area contributed by atoms with Gasteiger partial charge in [0.05, 0.1) is 4.90 Å². The van der Waals surface area contributed by atoms with Crippen molar-refractivity contribution in [1.29, 1.82) is 0 Å². The topological polar surface area (TPSA) is 76.1 Å². The van der Waals surface area contributed by atoms with Gasteiger partial charge >= 0.3 is 0 Å². The molecule has 1 aromatic carbocycles. The monoisotopic (exact) mass is 310 g/mol. The molecule has 2 rings (SSSR count). The molecular formula is C13H11ClN2O3S. The van der Waals surface area contributed by atoms with Crippen LogP contribution in [-0.2, 0) is 10.0 Å². The molecule has 1 heterocycles. The number of halogens is 1. The van der Waals surface area contributed by atoms with Gasteiger partial charge in [-0.15, -0.1) is 0 Å². The van der Waals surface area contributed by atoms with Gasteiger partial charge < -0.3 is 0 Å². The van der Waals surface area contributed by atoms with Crippen molar-refractivity contribution in [2.45, 2.75) is 11.8 Å². The van der Waals surface area contributed by atoms with Crippen molar-refractivity contribution in [2.75, 3.05) is 4.72 Å². The quantitative estimate of drug-likeness (QED) is 0.881. The summed E-state index contributed by atoms with van der Waals surface area (Å²) < 4.78 is 26.5. The van der Waals surface area contributed by atoms with E-state index in [1.807, 2.05) is 0 Å². The molecule has 0 fully saturated rings. The maximum atomic E-state index is 12.1. The summed E-state index contributed by atoms with van der Waals surface area (Å²) in [5, 5.41) is 0.379. The summed E-state index contributed by atoms with van der Waals surface area (Å²) in [7, 11) is -3.75. The number of nitrogens with one attached hydrogen (secondary N) is 1. The van der Waals surface area contributed by atoms with Crippen molar-refractivity contribution >= 4 is 33.2 Å². The Morgan fingerprint density at radius 2 is 1.85 bits per heavy atom. The number of sulfonamides is 1. The molecule has 1 N–H and O–H groups in total. The third kappa shape index (κ3) is 3.34. The molecule has 0 saturated carbocycles. The first-order valence-electron chi connectivity index (χ1n) is 5.64. The van der Waals surface area contributed by atoms with Crippen LogP contribution in [0.25, 0.3) is 0 Å². The zero-order valence-electron chi connectivity index (χ0n) is 10.5. The Kier molecular flexibility index (Phi) is 4.06. The lowest BCUT2D eigenvalue weighted by molar-refractivity contribution is 0.101. The van der Waals surface area contributed by atoms with E-state index in [4.69, 9.17) is 11.6 Å². The minimum Gasteiger partial charge on any atom is -0.295 e. The van der Waals surface area contributed by atoms with Crippen LogP contribution in [0.15, 0.2) is 47.5 Å². The Bertz CT molecular complexity index is 742. The van der Waals surface area contributed by atoms with E-state index >= 15 is 0 Å². The molecule has 2 aromatic rings. The normalized spacial score (nSPS) is 11.1. The number of hydrogen-bond acceptors (Lipinski definition) is 4. The number of pyridine rings is 1. The molecule has 0 aliphatic rings. The Labute approximate surface area is 121 Å². The largest absolute Gasteiger partial charge is 0.295 e. The van der Waals surface area contributed by atoms with Crippen molar-refractivity contribution in [2.24, 2.45) is 0 Å². The molecule has 0 aliphatic carbocycles. The van der Waals surface area contributed by atoms with E-state index in [-0.39, 0.29) is 16.5 Å². The van der Waals surface area contributed by atoms with E-state index < -0.39 is 10.0 Å². The number of hydrogen-bond donors (Lipinski definition) is 1. The van der Waals surface area contributed by atoms with E-state index in [1.54, 1.807) is 6.07 Å². The number of nitrogens with zero attached hydrogens (tertiary/aromatic N) is 1. The van der Waals surface area contributed by atoms with Crippen molar-refractivity contribution in [1.82, 2.24) is 4.98 Å². The maximum Gasteiger partial charge on any atom is 0.263 e. The van der Waals surface area contributed by atoms with Gasteiger partial charge in [-0.2, -0.15) is 0 Å². The molecular weight excluding hydrogens is 300 g/mol. The van der Waals surface area contributed by atoms with E-state index in [2.05, 4.69) is 9.71 Å². The number of ketones is 1. The summed E-state index contributed by atoms with van der Waals surface area (Å²) in [6, 6.07) is 8.60. The third-order valence-electron chi connectivity index (χ3n) is 2.53. The first-order valence-corrected chi connectivity index (χ1v) is 7.50. The number of benzene rings is 1.